The second-order valence-corrected chi connectivity index (χ2v) is 22.6. The van der Waals surface area contributed by atoms with Gasteiger partial charge >= 0.3 is 5.97 Å². The average Bonchev–Trinajstić information content (AvgIpc) is 3.81. The van der Waals surface area contributed by atoms with Gasteiger partial charge in [0.2, 0.25) is 0 Å². The number of unbranched alkanes of at least 4 members (excludes halogenated alkanes) is 5. The summed E-state index contributed by atoms with van der Waals surface area (Å²) in [6.45, 7) is 17.1. The fraction of sp³-hybridized carbons (Fsp3) is 0.273. The number of nitrogens with zero attached hydrogens (tertiary/aromatic N) is 2. The molecular formula is C77H80N2O4. The van der Waals surface area contributed by atoms with Crippen LogP contribution in [0.25, 0.3) is 22.3 Å². The van der Waals surface area contributed by atoms with E-state index in [2.05, 4.69) is 226 Å². The predicted molar refractivity (Wildman–Crippen MR) is 346 cm³/mol. The minimum Gasteiger partial charge on any atom is -0.493 e. The quantitative estimate of drug-likeness (QED) is 0.0341. The molecule has 0 radical (unpaired) electrons. The molecule has 1 unspecified atom stereocenters. The summed E-state index contributed by atoms with van der Waals surface area (Å²) in [7, 11) is 0. The van der Waals surface area contributed by atoms with Crippen LogP contribution >= 0.6 is 0 Å². The van der Waals surface area contributed by atoms with E-state index in [9.17, 15) is 9.59 Å². The molecule has 83 heavy (non-hydrogen) atoms. The van der Waals surface area contributed by atoms with Crippen molar-refractivity contribution < 1.29 is 19.1 Å². The van der Waals surface area contributed by atoms with Crippen molar-refractivity contribution in [3.63, 3.8) is 0 Å². The number of benzene rings is 9. The summed E-state index contributed by atoms with van der Waals surface area (Å²) < 4.78 is 12.2. The van der Waals surface area contributed by atoms with Crippen LogP contribution in [0.1, 0.15) is 157 Å². The van der Waals surface area contributed by atoms with Gasteiger partial charge in [-0.1, -0.05) is 161 Å². The second kappa shape index (κ2) is 26.2. The summed E-state index contributed by atoms with van der Waals surface area (Å²) in [5.41, 5.74) is 20.8. The molecule has 0 aliphatic heterocycles. The fourth-order valence-electron chi connectivity index (χ4n) is 12.1. The van der Waals surface area contributed by atoms with Crippen molar-refractivity contribution in [3.8, 4) is 28.0 Å². The molecule has 0 saturated carbocycles. The number of aryl methyl sites for hydroxylation is 5. The molecule has 0 heterocycles. The first-order valence-electron chi connectivity index (χ1n) is 30.3. The fourth-order valence-corrected chi connectivity index (χ4v) is 12.1. The molecule has 9 aromatic carbocycles. The Hall–Kier alpha value is -8.48. The van der Waals surface area contributed by atoms with E-state index in [4.69, 9.17) is 9.47 Å². The van der Waals surface area contributed by atoms with Gasteiger partial charge in [-0.15, -0.1) is 0 Å². The molecule has 1 atom stereocenters. The first kappa shape index (κ1) is 57.7. The van der Waals surface area contributed by atoms with E-state index in [-0.39, 0.29) is 12.4 Å². The Morgan fingerprint density at radius 1 is 0.434 bits per heavy atom. The molecule has 0 fully saturated rings. The Balaban J connectivity index is 1.07. The van der Waals surface area contributed by atoms with Crippen molar-refractivity contribution in [2.24, 2.45) is 0 Å². The van der Waals surface area contributed by atoms with Crippen LogP contribution in [0.5, 0.6) is 5.75 Å². The number of carbonyl (C=O) groups excluding carboxylic acids is 2. The lowest BCUT2D eigenvalue weighted by Crippen LogP contribution is -2.30. The van der Waals surface area contributed by atoms with Crippen LogP contribution in [0.2, 0.25) is 0 Å². The van der Waals surface area contributed by atoms with Crippen molar-refractivity contribution >= 4 is 45.9 Å². The van der Waals surface area contributed by atoms with Gasteiger partial charge in [-0.2, -0.15) is 0 Å². The summed E-state index contributed by atoms with van der Waals surface area (Å²) in [5, 5.41) is 0. The number of fused-ring (bicyclic) bond motifs is 3. The SMILES string of the molecule is CCCCCCOc1ccc(C2(c3ccc(C)c(C(C)=O)c3)c3cc(C)ccc3-c3ccc(-c4ccc(N(c5ccc(C)cc5)c5ccc(N(c6ccc(CCCC)cc6)c6ccc(CCCC)cc6)cc5)cc4)cc32)cc1C(=O)OCC. The van der Waals surface area contributed by atoms with Gasteiger partial charge in [0.15, 0.2) is 5.78 Å². The number of esters is 1. The maximum absolute atomic E-state index is 14.1. The Kier molecular flexibility index (Phi) is 18.2. The Bertz CT molecular complexity index is 3640. The van der Waals surface area contributed by atoms with E-state index in [0.717, 1.165) is 128 Å². The highest BCUT2D eigenvalue weighted by molar-refractivity contribution is 5.97. The molecule has 0 N–H and O–H groups in total. The predicted octanol–water partition coefficient (Wildman–Crippen LogP) is 20.6. The van der Waals surface area contributed by atoms with Crippen LogP contribution in [0.3, 0.4) is 0 Å². The number of hydrogen-bond acceptors (Lipinski definition) is 6. The monoisotopic (exact) mass is 1100 g/mol. The highest BCUT2D eigenvalue weighted by Crippen LogP contribution is 2.58. The molecular weight excluding hydrogens is 1020 g/mol. The Morgan fingerprint density at radius 2 is 0.892 bits per heavy atom. The number of anilines is 6. The van der Waals surface area contributed by atoms with Crippen LogP contribution in [-0.2, 0) is 23.0 Å². The van der Waals surface area contributed by atoms with Crippen molar-refractivity contribution in [2.75, 3.05) is 23.0 Å². The summed E-state index contributed by atoms with van der Waals surface area (Å²) in [5.74, 6) is 0.0782. The Labute approximate surface area is 493 Å². The number of ketones is 1. The standard InChI is InChI=1S/C77H80N2O4/c1-9-13-16-17-48-83-75-47-32-62(52-72(75)76(81)82-12-4)77(61-31-23-55(7)71(51-61)56(8)80)73-49-54(6)22-45-69(73)70-46-30-60(50-74(70)77)59-28-39-66(40-29-59)78(63-33-20-53(5)21-34-63)67-41-43-68(44-42-67)79(64-35-24-57(25-36-64)18-14-10-2)65-37-26-58(27-38-65)19-15-11-3/h20-47,49-52H,9-19,48H2,1-8H3. The van der Waals surface area contributed by atoms with Crippen molar-refractivity contribution in [2.45, 2.75) is 125 Å². The number of Topliss-reactive ketones (excluding diaryl/α,β-unsaturated/α-hetero) is 1. The van der Waals surface area contributed by atoms with Crippen LogP contribution in [0, 0.1) is 20.8 Å². The highest BCUT2D eigenvalue weighted by atomic mass is 16.5. The summed E-state index contributed by atoms with van der Waals surface area (Å²) >= 11 is 0. The zero-order chi connectivity index (χ0) is 58.0. The summed E-state index contributed by atoms with van der Waals surface area (Å²) in [6.07, 6.45) is 11.1. The molecule has 0 saturated heterocycles. The lowest BCUT2D eigenvalue weighted by atomic mass is 9.66. The number of ether oxygens (including phenoxy) is 2. The van der Waals surface area contributed by atoms with Gasteiger partial charge < -0.3 is 19.3 Å². The van der Waals surface area contributed by atoms with Crippen LogP contribution < -0.4 is 14.5 Å². The van der Waals surface area contributed by atoms with Gasteiger partial charge in [-0.25, -0.2) is 4.79 Å². The van der Waals surface area contributed by atoms with Crippen molar-refractivity contribution in [3.05, 3.63) is 255 Å². The molecule has 0 amide bonds. The largest absolute Gasteiger partial charge is 0.493 e. The van der Waals surface area contributed by atoms with E-state index < -0.39 is 11.4 Å². The second-order valence-electron chi connectivity index (χ2n) is 22.6. The highest BCUT2D eigenvalue weighted by Gasteiger charge is 2.47. The molecule has 0 aromatic heterocycles. The maximum Gasteiger partial charge on any atom is 0.341 e. The zero-order valence-corrected chi connectivity index (χ0v) is 50.0. The number of rotatable bonds is 24. The summed E-state index contributed by atoms with van der Waals surface area (Å²) in [4.78, 5) is 32.3. The lowest BCUT2D eigenvalue weighted by Gasteiger charge is -2.35. The van der Waals surface area contributed by atoms with E-state index in [1.165, 1.54) is 42.4 Å². The topological polar surface area (TPSA) is 59.1 Å². The molecule has 0 spiro atoms. The maximum atomic E-state index is 14.1. The van der Waals surface area contributed by atoms with Crippen molar-refractivity contribution in [1.29, 1.82) is 0 Å². The smallest absolute Gasteiger partial charge is 0.341 e. The number of hydrogen-bond donors (Lipinski definition) is 0. The molecule has 9 aromatic rings. The minimum absolute atomic E-state index is 0.000621. The summed E-state index contributed by atoms with van der Waals surface area (Å²) in [6, 6.07) is 70.6. The van der Waals surface area contributed by atoms with Crippen LogP contribution in [-0.4, -0.2) is 25.0 Å². The lowest BCUT2D eigenvalue weighted by molar-refractivity contribution is 0.0521. The van der Waals surface area contributed by atoms with Gasteiger partial charge in [0.1, 0.15) is 11.3 Å². The molecule has 10 rings (SSSR count). The first-order chi connectivity index (χ1) is 40.4. The van der Waals surface area contributed by atoms with Gasteiger partial charge in [0.25, 0.3) is 0 Å². The van der Waals surface area contributed by atoms with Gasteiger partial charge in [0, 0.05) is 39.7 Å². The van der Waals surface area contributed by atoms with E-state index in [1.54, 1.807) is 6.92 Å². The minimum atomic E-state index is -0.939. The first-order valence-corrected chi connectivity index (χ1v) is 30.3. The average molecular weight is 1100 g/mol. The molecule has 1 aliphatic rings. The molecule has 0 bridgehead atoms. The van der Waals surface area contributed by atoms with E-state index in [1.807, 2.05) is 26.0 Å². The van der Waals surface area contributed by atoms with Gasteiger partial charge in [-0.3, -0.25) is 4.79 Å². The van der Waals surface area contributed by atoms with Crippen molar-refractivity contribution in [1.82, 2.24) is 0 Å². The number of carbonyl (C=O) groups is 2. The van der Waals surface area contributed by atoms with E-state index >= 15 is 0 Å². The Morgan fingerprint density at radius 3 is 1.42 bits per heavy atom. The third-order valence-electron chi connectivity index (χ3n) is 16.7. The van der Waals surface area contributed by atoms with Gasteiger partial charge in [0.05, 0.1) is 18.6 Å². The van der Waals surface area contributed by atoms with Gasteiger partial charge in [-0.05, 0) is 225 Å². The van der Waals surface area contributed by atoms with E-state index in [0.29, 0.717) is 23.5 Å². The molecule has 422 valence electrons. The molecule has 1 aliphatic carbocycles. The molecule has 6 nitrogen and oxygen atoms in total. The normalized spacial score (nSPS) is 13.3. The zero-order valence-electron chi connectivity index (χ0n) is 50.0. The van der Waals surface area contributed by atoms with Crippen LogP contribution in [0.4, 0.5) is 34.1 Å². The third kappa shape index (κ3) is 12.2. The van der Waals surface area contributed by atoms with Crippen LogP contribution in [0.15, 0.2) is 194 Å². The third-order valence-corrected chi connectivity index (χ3v) is 16.7. The molecule has 6 heteroatoms.